The zero-order valence-electron chi connectivity index (χ0n) is 7.57. The van der Waals surface area contributed by atoms with Crippen LogP contribution in [0.3, 0.4) is 0 Å². The van der Waals surface area contributed by atoms with Gasteiger partial charge in [0.15, 0.2) is 0 Å². The van der Waals surface area contributed by atoms with Crippen molar-refractivity contribution in [1.82, 2.24) is 10.3 Å². The molecular formula is C8H12N2O2S. The van der Waals surface area contributed by atoms with Gasteiger partial charge >= 0.3 is 5.97 Å². The first kappa shape index (κ1) is 10.1. The number of thiazole rings is 1. The number of nitrogens with zero attached hydrogens (tertiary/aromatic N) is 1. The number of hydrogen-bond acceptors (Lipinski definition) is 4. The number of carbonyl (C=O) groups is 1. The Morgan fingerprint density at radius 3 is 3.00 bits per heavy atom. The van der Waals surface area contributed by atoms with Crippen LogP contribution >= 0.6 is 11.3 Å². The fourth-order valence-electron chi connectivity index (χ4n) is 0.834. The molecule has 5 heteroatoms. The fourth-order valence-corrected chi connectivity index (χ4v) is 1.45. The third kappa shape index (κ3) is 3.12. The Morgan fingerprint density at radius 2 is 2.54 bits per heavy atom. The highest BCUT2D eigenvalue weighted by Crippen LogP contribution is 2.07. The maximum absolute atomic E-state index is 10.4. The molecule has 0 saturated carbocycles. The Labute approximate surface area is 80.6 Å². The fraction of sp³-hybridized carbons (Fsp3) is 0.500. The largest absolute Gasteiger partial charge is 0.480 e. The molecule has 0 aliphatic carbocycles. The lowest BCUT2D eigenvalue weighted by Crippen LogP contribution is -2.33. The molecule has 0 radical (unpaired) electrons. The van der Waals surface area contributed by atoms with E-state index in [0.29, 0.717) is 6.54 Å². The Balaban J connectivity index is 2.39. The van der Waals surface area contributed by atoms with E-state index in [9.17, 15) is 4.79 Å². The molecule has 0 fully saturated rings. The highest BCUT2D eigenvalue weighted by molar-refractivity contribution is 7.09. The van der Waals surface area contributed by atoms with E-state index in [1.54, 1.807) is 18.3 Å². The molecule has 0 saturated heterocycles. The lowest BCUT2D eigenvalue weighted by atomic mass is 10.3. The first-order chi connectivity index (χ1) is 6.09. The van der Waals surface area contributed by atoms with Crippen molar-refractivity contribution in [2.24, 2.45) is 0 Å². The van der Waals surface area contributed by atoms with Crippen molar-refractivity contribution in [1.29, 1.82) is 0 Å². The second kappa shape index (κ2) is 4.34. The Bertz CT molecular complexity index is 298. The maximum Gasteiger partial charge on any atom is 0.320 e. The van der Waals surface area contributed by atoms with Crippen LogP contribution in [0, 0.1) is 6.92 Å². The van der Waals surface area contributed by atoms with Crippen LogP contribution < -0.4 is 5.32 Å². The number of aliphatic carboxylic acids is 1. The standard InChI is InChI=1S/C8H12N2O2S/c1-5(8(11)12)9-3-7-4-13-6(2)10-7/h4-5,9H,3H2,1-2H3,(H,11,12)/t5-/m0/s1. The van der Waals surface area contributed by atoms with Crippen molar-refractivity contribution in [2.75, 3.05) is 0 Å². The summed E-state index contributed by atoms with van der Waals surface area (Å²) in [4.78, 5) is 14.7. The molecule has 1 heterocycles. The van der Waals surface area contributed by atoms with E-state index in [2.05, 4.69) is 10.3 Å². The van der Waals surface area contributed by atoms with Gasteiger partial charge in [0.1, 0.15) is 6.04 Å². The quantitative estimate of drug-likeness (QED) is 0.761. The van der Waals surface area contributed by atoms with Crippen LogP contribution in [0.15, 0.2) is 5.38 Å². The molecule has 0 bridgehead atoms. The van der Waals surface area contributed by atoms with Crippen LogP contribution in [0.4, 0.5) is 0 Å². The zero-order chi connectivity index (χ0) is 9.84. The minimum atomic E-state index is -0.841. The Kier molecular flexibility index (Phi) is 3.39. The molecule has 1 atom stereocenters. The number of rotatable bonds is 4. The third-order valence-corrected chi connectivity index (χ3v) is 2.45. The van der Waals surface area contributed by atoms with Crippen LogP contribution in [-0.4, -0.2) is 22.1 Å². The van der Waals surface area contributed by atoms with Crippen molar-refractivity contribution >= 4 is 17.3 Å². The van der Waals surface area contributed by atoms with Crippen LogP contribution in [0.5, 0.6) is 0 Å². The SMILES string of the molecule is Cc1nc(CN[C@@H](C)C(=O)O)cs1. The molecule has 0 amide bonds. The first-order valence-electron chi connectivity index (χ1n) is 3.97. The number of aryl methyl sites for hydroxylation is 1. The summed E-state index contributed by atoms with van der Waals surface area (Å²) >= 11 is 1.57. The number of nitrogens with one attached hydrogen (secondary N) is 1. The van der Waals surface area contributed by atoms with E-state index in [-0.39, 0.29) is 0 Å². The van der Waals surface area contributed by atoms with Crippen molar-refractivity contribution < 1.29 is 9.90 Å². The molecule has 0 spiro atoms. The van der Waals surface area contributed by atoms with E-state index in [1.807, 2.05) is 12.3 Å². The van der Waals surface area contributed by atoms with E-state index in [1.165, 1.54) is 0 Å². The lowest BCUT2D eigenvalue weighted by molar-refractivity contribution is -0.139. The average Bonchev–Trinajstić information content (AvgIpc) is 2.47. The second-order valence-corrected chi connectivity index (χ2v) is 3.86. The van der Waals surface area contributed by atoms with Gasteiger partial charge < -0.3 is 5.11 Å². The van der Waals surface area contributed by atoms with E-state index in [0.717, 1.165) is 10.7 Å². The van der Waals surface area contributed by atoms with Gasteiger partial charge in [-0.2, -0.15) is 0 Å². The van der Waals surface area contributed by atoms with Gasteiger partial charge in [-0.25, -0.2) is 4.98 Å². The molecule has 1 aromatic rings. The zero-order valence-corrected chi connectivity index (χ0v) is 8.39. The average molecular weight is 200 g/mol. The summed E-state index contributed by atoms with van der Waals surface area (Å²) in [7, 11) is 0. The van der Waals surface area contributed by atoms with Crippen molar-refractivity contribution in [3.63, 3.8) is 0 Å². The number of carboxylic acid groups (broad SMARTS) is 1. The smallest absolute Gasteiger partial charge is 0.320 e. The minimum Gasteiger partial charge on any atom is -0.480 e. The monoisotopic (exact) mass is 200 g/mol. The number of aromatic nitrogens is 1. The molecule has 0 unspecified atom stereocenters. The van der Waals surface area contributed by atoms with Gasteiger partial charge in [-0.05, 0) is 13.8 Å². The second-order valence-electron chi connectivity index (χ2n) is 2.80. The lowest BCUT2D eigenvalue weighted by Gasteiger charge is -2.06. The Morgan fingerprint density at radius 1 is 1.85 bits per heavy atom. The van der Waals surface area contributed by atoms with Gasteiger partial charge in [-0.1, -0.05) is 0 Å². The van der Waals surface area contributed by atoms with Gasteiger partial charge in [0.05, 0.1) is 10.7 Å². The number of carboxylic acids is 1. The Hall–Kier alpha value is -0.940. The van der Waals surface area contributed by atoms with Crippen molar-refractivity contribution in [2.45, 2.75) is 26.4 Å². The third-order valence-electron chi connectivity index (χ3n) is 1.63. The molecule has 0 aliphatic rings. The minimum absolute atomic E-state index is 0.512. The van der Waals surface area contributed by atoms with E-state index >= 15 is 0 Å². The molecule has 2 N–H and O–H groups in total. The van der Waals surface area contributed by atoms with Crippen LogP contribution in [0.2, 0.25) is 0 Å². The van der Waals surface area contributed by atoms with Crippen LogP contribution in [0.1, 0.15) is 17.6 Å². The molecule has 0 aliphatic heterocycles. The van der Waals surface area contributed by atoms with Crippen LogP contribution in [-0.2, 0) is 11.3 Å². The van der Waals surface area contributed by atoms with E-state index in [4.69, 9.17) is 5.11 Å². The summed E-state index contributed by atoms with van der Waals surface area (Å²) < 4.78 is 0. The van der Waals surface area contributed by atoms with Gasteiger partial charge in [-0.15, -0.1) is 11.3 Å². The molecule has 1 rings (SSSR count). The summed E-state index contributed by atoms with van der Waals surface area (Å²) in [5.74, 6) is -0.841. The van der Waals surface area contributed by atoms with E-state index < -0.39 is 12.0 Å². The van der Waals surface area contributed by atoms with Gasteiger partial charge in [0.25, 0.3) is 0 Å². The molecule has 13 heavy (non-hydrogen) atoms. The predicted molar refractivity (Wildman–Crippen MR) is 50.8 cm³/mol. The maximum atomic E-state index is 10.4. The van der Waals surface area contributed by atoms with Gasteiger partial charge in [0.2, 0.25) is 0 Å². The highest BCUT2D eigenvalue weighted by atomic mass is 32.1. The van der Waals surface area contributed by atoms with Crippen molar-refractivity contribution in [3.8, 4) is 0 Å². The molecule has 72 valence electrons. The van der Waals surface area contributed by atoms with Gasteiger partial charge in [0, 0.05) is 11.9 Å². The molecule has 0 aromatic carbocycles. The summed E-state index contributed by atoms with van der Waals surface area (Å²) in [6.45, 7) is 4.05. The summed E-state index contributed by atoms with van der Waals surface area (Å²) in [5.41, 5.74) is 0.899. The normalized spacial score (nSPS) is 12.8. The van der Waals surface area contributed by atoms with Gasteiger partial charge in [-0.3, -0.25) is 10.1 Å². The van der Waals surface area contributed by atoms with Crippen molar-refractivity contribution in [3.05, 3.63) is 16.1 Å². The predicted octanol–water partition coefficient (Wildman–Crippen LogP) is 1.01. The number of hydrogen-bond donors (Lipinski definition) is 2. The summed E-state index contributed by atoms with van der Waals surface area (Å²) in [5, 5.41) is 14.4. The molecule has 1 aromatic heterocycles. The topological polar surface area (TPSA) is 62.2 Å². The highest BCUT2D eigenvalue weighted by Gasteiger charge is 2.09. The summed E-state index contributed by atoms with van der Waals surface area (Å²) in [6.07, 6.45) is 0. The van der Waals surface area contributed by atoms with Crippen LogP contribution in [0.25, 0.3) is 0 Å². The molecule has 4 nitrogen and oxygen atoms in total. The summed E-state index contributed by atoms with van der Waals surface area (Å²) in [6, 6.07) is -0.526. The molecular weight excluding hydrogens is 188 g/mol. The first-order valence-corrected chi connectivity index (χ1v) is 4.84.